The van der Waals surface area contributed by atoms with E-state index in [1.807, 2.05) is 25.1 Å². The molecule has 0 unspecified atom stereocenters. The molecule has 0 radical (unpaired) electrons. The summed E-state index contributed by atoms with van der Waals surface area (Å²) >= 11 is 7.43. The molecule has 0 saturated carbocycles. The molecule has 0 spiro atoms. The number of halogens is 1. The highest BCUT2D eigenvalue weighted by atomic mass is 35.5. The van der Waals surface area contributed by atoms with Gasteiger partial charge in [-0.2, -0.15) is 0 Å². The number of carbonyl (C=O) groups excluding carboxylic acids is 1. The first-order valence-corrected chi connectivity index (χ1v) is 6.96. The van der Waals surface area contributed by atoms with Crippen LogP contribution in [0.3, 0.4) is 0 Å². The van der Waals surface area contributed by atoms with Crippen molar-refractivity contribution in [3.63, 3.8) is 0 Å². The predicted molar refractivity (Wildman–Crippen MR) is 79.2 cm³/mol. The van der Waals surface area contributed by atoms with Gasteiger partial charge in [0.1, 0.15) is 0 Å². The van der Waals surface area contributed by atoms with E-state index >= 15 is 0 Å². The number of rotatable bonds is 4. The summed E-state index contributed by atoms with van der Waals surface area (Å²) in [5.74, 6) is -0.331. The Kier molecular flexibility index (Phi) is 4.45. The number of methoxy groups -OCH3 is 1. The van der Waals surface area contributed by atoms with Crippen LogP contribution in [0.25, 0.3) is 0 Å². The van der Waals surface area contributed by atoms with Crippen LogP contribution >= 0.6 is 22.9 Å². The largest absolute Gasteiger partial charge is 0.465 e. The lowest BCUT2D eigenvalue weighted by Gasteiger charge is -2.10. The van der Waals surface area contributed by atoms with Crippen LogP contribution in [0, 0.1) is 6.92 Å². The van der Waals surface area contributed by atoms with E-state index in [1.54, 1.807) is 12.1 Å². The summed E-state index contributed by atoms with van der Waals surface area (Å²) in [6.07, 6.45) is 0. The van der Waals surface area contributed by atoms with Crippen molar-refractivity contribution in [2.75, 3.05) is 12.4 Å². The molecule has 0 aliphatic heterocycles. The topological polar surface area (TPSA) is 38.3 Å². The number of thiophene rings is 1. The number of esters is 1. The highest BCUT2D eigenvalue weighted by Crippen LogP contribution is 2.23. The molecular weight excluding hydrogens is 282 g/mol. The molecule has 1 N–H and O–H groups in total. The Hall–Kier alpha value is -1.52. The third-order valence-corrected chi connectivity index (χ3v) is 3.97. The van der Waals surface area contributed by atoms with Gasteiger partial charge in [0.2, 0.25) is 0 Å². The Labute approximate surface area is 121 Å². The van der Waals surface area contributed by atoms with Gasteiger partial charge >= 0.3 is 5.97 Å². The van der Waals surface area contributed by atoms with Gasteiger partial charge in [0.15, 0.2) is 0 Å². The normalized spacial score (nSPS) is 10.3. The van der Waals surface area contributed by atoms with Crippen molar-refractivity contribution in [3.05, 3.63) is 50.7 Å². The van der Waals surface area contributed by atoms with Crippen LogP contribution in [-0.4, -0.2) is 13.1 Å². The molecule has 2 aromatic rings. The molecule has 0 fully saturated rings. The molecule has 1 aromatic heterocycles. The minimum absolute atomic E-state index is 0.331. The van der Waals surface area contributed by atoms with Crippen molar-refractivity contribution in [2.45, 2.75) is 13.5 Å². The quantitative estimate of drug-likeness (QED) is 0.863. The van der Waals surface area contributed by atoms with Gasteiger partial charge in [-0.15, -0.1) is 11.3 Å². The van der Waals surface area contributed by atoms with Gasteiger partial charge in [0, 0.05) is 17.1 Å². The molecule has 3 nitrogen and oxygen atoms in total. The highest BCUT2D eigenvalue weighted by Gasteiger charge is 2.08. The molecule has 0 amide bonds. The van der Waals surface area contributed by atoms with Crippen LogP contribution in [-0.2, 0) is 11.3 Å². The fraction of sp³-hybridized carbons (Fsp3) is 0.214. The van der Waals surface area contributed by atoms with Gasteiger partial charge in [0.05, 0.1) is 17.0 Å². The maximum absolute atomic E-state index is 11.5. The summed E-state index contributed by atoms with van der Waals surface area (Å²) in [4.78, 5) is 12.6. The number of aryl methyl sites for hydroxylation is 1. The number of hydrogen-bond acceptors (Lipinski definition) is 4. The summed E-state index contributed by atoms with van der Waals surface area (Å²) in [7, 11) is 1.38. The molecule has 1 heterocycles. The van der Waals surface area contributed by atoms with E-state index in [1.165, 1.54) is 18.4 Å². The third kappa shape index (κ3) is 3.49. The van der Waals surface area contributed by atoms with E-state index in [0.29, 0.717) is 12.1 Å². The van der Waals surface area contributed by atoms with Crippen molar-refractivity contribution >= 4 is 34.6 Å². The van der Waals surface area contributed by atoms with Crippen LogP contribution < -0.4 is 5.32 Å². The molecule has 5 heteroatoms. The summed E-state index contributed by atoms with van der Waals surface area (Å²) in [6.45, 7) is 2.67. The first-order chi connectivity index (χ1) is 9.10. The second kappa shape index (κ2) is 6.08. The zero-order chi connectivity index (χ0) is 13.8. The number of nitrogens with one attached hydrogen (secondary N) is 1. The van der Waals surface area contributed by atoms with Gasteiger partial charge in [-0.05, 0) is 36.8 Å². The van der Waals surface area contributed by atoms with Crippen molar-refractivity contribution < 1.29 is 9.53 Å². The minimum atomic E-state index is -0.331. The fourth-order valence-corrected chi connectivity index (χ4v) is 2.71. The second-order valence-electron chi connectivity index (χ2n) is 4.08. The number of hydrogen-bond donors (Lipinski definition) is 1. The average Bonchev–Trinajstić information content (AvgIpc) is 2.82. The van der Waals surface area contributed by atoms with Gasteiger partial charge in [0.25, 0.3) is 0 Å². The first-order valence-electron chi connectivity index (χ1n) is 5.77. The zero-order valence-corrected chi connectivity index (χ0v) is 12.3. The van der Waals surface area contributed by atoms with E-state index in [0.717, 1.165) is 20.5 Å². The summed E-state index contributed by atoms with van der Waals surface area (Å²) in [5, 5.41) is 3.31. The van der Waals surface area contributed by atoms with E-state index < -0.39 is 0 Å². The number of ether oxygens (including phenoxy) is 1. The molecule has 100 valence electrons. The smallest absolute Gasteiger partial charge is 0.337 e. The summed E-state index contributed by atoms with van der Waals surface area (Å²) in [6, 6.07) is 9.32. The third-order valence-electron chi connectivity index (χ3n) is 2.74. The molecule has 19 heavy (non-hydrogen) atoms. The maximum atomic E-state index is 11.5. The Balaban J connectivity index is 2.12. The van der Waals surface area contributed by atoms with Gasteiger partial charge in [-0.3, -0.25) is 0 Å². The highest BCUT2D eigenvalue weighted by molar-refractivity contribution is 7.16. The lowest BCUT2D eigenvalue weighted by atomic mass is 10.1. The second-order valence-corrected chi connectivity index (χ2v) is 5.88. The standard InChI is InChI=1S/C14H14ClNO2S/c1-9-3-4-10(14(17)18-2)7-12(9)16-8-11-5-6-13(15)19-11/h3-7,16H,8H2,1-2H3. The molecule has 2 rings (SSSR count). The molecule has 0 saturated heterocycles. The van der Waals surface area contributed by atoms with Crippen molar-refractivity contribution in [3.8, 4) is 0 Å². The van der Waals surface area contributed by atoms with Gasteiger partial charge in [-0.1, -0.05) is 17.7 Å². The molecule has 0 aliphatic rings. The Bertz CT molecular complexity index is 595. The van der Waals surface area contributed by atoms with Crippen molar-refractivity contribution in [1.29, 1.82) is 0 Å². The van der Waals surface area contributed by atoms with Crippen LogP contribution in [0.1, 0.15) is 20.8 Å². The maximum Gasteiger partial charge on any atom is 0.337 e. The van der Waals surface area contributed by atoms with E-state index in [4.69, 9.17) is 16.3 Å². The van der Waals surface area contributed by atoms with E-state index in [9.17, 15) is 4.79 Å². The van der Waals surface area contributed by atoms with Crippen LogP contribution in [0.15, 0.2) is 30.3 Å². The molecule has 0 atom stereocenters. The number of benzene rings is 1. The first kappa shape index (κ1) is 13.9. The lowest BCUT2D eigenvalue weighted by molar-refractivity contribution is 0.0601. The van der Waals surface area contributed by atoms with Crippen molar-refractivity contribution in [1.82, 2.24) is 0 Å². The van der Waals surface area contributed by atoms with E-state index in [-0.39, 0.29) is 5.97 Å². The Morgan fingerprint density at radius 1 is 1.37 bits per heavy atom. The fourth-order valence-electron chi connectivity index (χ4n) is 1.69. The van der Waals surface area contributed by atoms with Gasteiger partial charge < -0.3 is 10.1 Å². The van der Waals surface area contributed by atoms with Crippen LogP contribution in [0.5, 0.6) is 0 Å². The molecule has 0 bridgehead atoms. The van der Waals surface area contributed by atoms with Gasteiger partial charge in [-0.25, -0.2) is 4.79 Å². The van der Waals surface area contributed by atoms with Crippen LogP contribution in [0.4, 0.5) is 5.69 Å². The molecule has 1 aromatic carbocycles. The Morgan fingerprint density at radius 2 is 2.16 bits per heavy atom. The molecule has 0 aliphatic carbocycles. The Morgan fingerprint density at radius 3 is 2.79 bits per heavy atom. The monoisotopic (exact) mass is 295 g/mol. The summed E-state index contributed by atoms with van der Waals surface area (Å²) < 4.78 is 5.49. The van der Waals surface area contributed by atoms with Crippen molar-refractivity contribution in [2.24, 2.45) is 0 Å². The SMILES string of the molecule is COC(=O)c1ccc(C)c(NCc2ccc(Cl)s2)c1. The molecular formula is C14H14ClNO2S. The van der Waals surface area contributed by atoms with E-state index in [2.05, 4.69) is 5.32 Å². The number of carbonyl (C=O) groups is 1. The predicted octanol–water partition coefficient (Wildman–Crippen LogP) is 4.11. The summed E-state index contributed by atoms with van der Waals surface area (Å²) in [5.41, 5.74) is 2.54. The van der Waals surface area contributed by atoms with Crippen LogP contribution in [0.2, 0.25) is 4.34 Å². The average molecular weight is 296 g/mol. The zero-order valence-electron chi connectivity index (χ0n) is 10.7. The number of anilines is 1. The lowest BCUT2D eigenvalue weighted by Crippen LogP contribution is -2.04. The minimum Gasteiger partial charge on any atom is -0.465 e.